The zero-order valence-corrected chi connectivity index (χ0v) is 14.2. The predicted octanol–water partition coefficient (Wildman–Crippen LogP) is 5.24. The molecule has 0 radical (unpaired) electrons. The van der Waals surface area contributed by atoms with Crippen molar-refractivity contribution in [2.45, 2.75) is 45.4 Å². The summed E-state index contributed by atoms with van der Waals surface area (Å²) in [5.74, 6) is 1.38. The van der Waals surface area contributed by atoms with Crippen LogP contribution in [0.4, 0.5) is 0 Å². The molecule has 1 heterocycles. The largest absolute Gasteiger partial charge is 0.406 e. The Balaban J connectivity index is 1.70. The molecule has 1 saturated carbocycles. The molecule has 0 unspecified atom stereocenters. The highest BCUT2D eigenvalue weighted by molar-refractivity contribution is 6.30. The van der Waals surface area contributed by atoms with Gasteiger partial charge in [0.25, 0.3) is 0 Å². The fourth-order valence-electron chi connectivity index (χ4n) is 3.46. The topological polar surface area (TPSA) is 38.7 Å². The van der Waals surface area contributed by atoms with E-state index in [1.165, 1.54) is 25.7 Å². The molecular formula is C19H22ClNO2. The van der Waals surface area contributed by atoms with Gasteiger partial charge in [-0.25, -0.2) is 9.79 Å². The molecule has 4 heteroatoms. The molecule has 0 atom stereocenters. The van der Waals surface area contributed by atoms with Crippen molar-refractivity contribution in [3.05, 3.63) is 40.5 Å². The number of halogens is 1. The zero-order chi connectivity index (χ0) is 16.2. The Labute approximate surface area is 142 Å². The number of hydrogen-bond acceptors (Lipinski definition) is 3. The van der Waals surface area contributed by atoms with Gasteiger partial charge < -0.3 is 4.74 Å². The quantitative estimate of drug-likeness (QED) is 0.558. The minimum Gasteiger partial charge on any atom is -0.406 e. The van der Waals surface area contributed by atoms with E-state index in [1.54, 1.807) is 12.1 Å². The van der Waals surface area contributed by atoms with Crippen molar-refractivity contribution in [3.63, 3.8) is 0 Å². The number of carbonyl (C=O) groups excluding carboxylic acids is 1. The second-order valence-electron chi connectivity index (χ2n) is 6.43. The lowest BCUT2D eigenvalue weighted by Crippen LogP contribution is -2.22. The first-order valence-electron chi connectivity index (χ1n) is 8.43. The average molecular weight is 332 g/mol. The van der Waals surface area contributed by atoms with Crippen LogP contribution in [0.15, 0.2) is 35.0 Å². The second-order valence-corrected chi connectivity index (χ2v) is 6.87. The van der Waals surface area contributed by atoms with Crippen LogP contribution in [0, 0.1) is 11.8 Å². The fraction of sp³-hybridized carbons (Fsp3) is 0.474. The van der Waals surface area contributed by atoms with Crippen molar-refractivity contribution in [1.82, 2.24) is 0 Å². The lowest BCUT2D eigenvalue weighted by Gasteiger charge is -2.27. The number of rotatable bonds is 4. The first-order valence-corrected chi connectivity index (χ1v) is 8.81. The molecule has 23 heavy (non-hydrogen) atoms. The van der Waals surface area contributed by atoms with Crippen LogP contribution >= 0.6 is 11.6 Å². The van der Waals surface area contributed by atoms with Crippen LogP contribution in [0.1, 0.15) is 51.0 Å². The Morgan fingerprint density at radius 2 is 2.09 bits per heavy atom. The number of cyclic esters (lactones) is 1. The van der Waals surface area contributed by atoms with E-state index in [1.807, 2.05) is 18.2 Å². The summed E-state index contributed by atoms with van der Waals surface area (Å²) in [4.78, 5) is 16.5. The molecule has 1 aromatic rings. The van der Waals surface area contributed by atoms with Gasteiger partial charge in [0.2, 0.25) is 5.90 Å². The van der Waals surface area contributed by atoms with Crippen LogP contribution < -0.4 is 0 Å². The molecule has 0 spiro atoms. The van der Waals surface area contributed by atoms with Gasteiger partial charge in [0.15, 0.2) is 5.70 Å². The first-order chi connectivity index (χ1) is 11.2. The van der Waals surface area contributed by atoms with Gasteiger partial charge in [-0.05, 0) is 55.4 Å². The number of hydrogen-bond donors (Lipinski definition) is 0. The summed E-state index contributed by atoms with van der Waals surface area (Å²) in [7, 11) is 0. The maximum absolute atomic E-state index is 12.0. The van der Waals surface area contributed by atoms with E-state index in [0.29, 0.717) is 16.6 Å². The Morgan fingerprint density at radius 3 is 2.78 bits per heavy atom. The van der Waals surface area contributed by atoms with Gasteiger partial charge in [0, 0.05) is 10.9 Å². The van der Waals surface area contributed by atoms with Crippen molar-refractivity contribution < 1.29 is 9.53 Å². The molecule has 0 amide bonds. The summed E-state index contributed by atoms with van der Waals surface area (Å²) >= 11 is 5.98. The number of benzene rings is 1. The van der Waals surface area contributed by atoms with Gasteiger partial charge in [-0.15, -0.1) is 0 Å². The van der Waals surface area contributed by atoms with Crippen molar-refractivity contribution in [2.24, 2.45) is 16.8 Å². The molecule has 1 aromatic carbocycles. The van der Waals surface area contributed by atoms with E-state index >= 15 is 0 Å². The van der Waals surface area contributed by atoms with E-state index in [2.05, 4.69) is 11.9 Å². The molecule has 122 valence electrons. The maximum atomic E-state index is 12.0. The molecule has 0 saturated heterocycles. The lowest BCUT2D eigenvalue weighted by molar-refractivity contribution is -0.130. The summed E-state index contributed by atoms with van der Waals surface area (Å²) in [6.45, 7) is 2.24. The minimum absolute atomic E-state index is 0.289. The fourth-order valence-corrected chi connectivity index (χ4v) is 3.66. The Hall–Kier alpha value is -1.61. The number of nitrogens with zero attached hydrogens (tertiary/aromatic N) is 1. The van der Waals surface area contributed by atoms with Gasteiger partial charge in [-0.2, -0.15) is 0 Å². The Morgan fingerprint density at radius 1 is 1.30 bits per heavy atom. The molecule has 0 N–H and O–H groups in total. The molecular weight excluding hydrogens is 310 g/mol. The number of carbonyl (C=O) groups is 1. The Bertz CT molecular complexity index is 643. The zero-order valence-electron chi connectivity index (χ0n) is 13.4. The van der Waals surface area contributed by atoms with Gasteiger partial charge in [-0.1, -0.05) is 43.5 Å². The van der Waals surface area contributed by atoms with Gasteiger partial charge >= 0.3 is 5.97 Å². The van der Waals surface area contributed by atoms with Crippen LogP contribution in [0.25, 0.3) is 6.08 Å². The summed E-state index contributed by atoms with van der Waals surface area (Å²) < 4.78 is 5.42. The van der Waals surface area contributed by atoms with E-state index in [-0.39, 0.29) is 11.9 Å². The number of esters is 1. The SMILES string of the molecule is CCCC1CCC(C2=N/C(=C\c3cccc(Cl)c3)C(=O)O2)CC1. The van der Waals surface area contributed by atoms with Crippen LogP contribution in [-0.2, 0) is 9.53 Å². The summed E-state index contributed by atoms with van der Waals surface area (Å²) in [6, 6.07) is 7.37. The van der Waals surface area contributed by atoms with E-state index in [4.69, 9.17) is 16.3 Å². The summed E-state index contributed by atoms with van der Waals surface area (Å²) in [5, 5.41) is 0.643. The summed E-state index contributed by atoms with van der Waals surface area (Å²) in [6.07, 6.45) is 8.86. The second kappa shape index (κ2) is 7.31. The van der Waals surface area contributed by atoms with Crippen LogP contribution in [0.2, 0.25) is 5.02 Å². The van der Waals surface area contributed by atoms with Gasteiger partial charge in [0.1, 0.15) is 0 Å². The molecule has 3 nitrogen and oxygen atoms in total. The molecule has 1 aliphatic carbocycles. The van der Waals surface area contributed by atoms with Crippen molar-refractivity contribution in [1.29, 1.82) is 0 Å². The highest BCUT2D eigenvalue weighted by Gasteiger charge is 2.32. The Kier molecular flexibility index (Phi) is 5.16. The van der Waals surface area contributed by atoms with Crippen LogP contribution in [0.5, 0.6) is 0 Å². The third-order valence-corrected chi connectivity index (χ3v) is 4.92. The predicted molar refractivity (Wildman–Crippen MR) is 93.3 cm³/mol. The molecule has 1 fully saturated rings. The molecule has 0 bridgehead atoms. The van der Waals surface area contributed by atoms with Crippen LogP contribution in [0.3, 0.4) is 0 Å². The van der Waals surface area contributed by atoms with E-state index < -0.39 is 0 Å². The molecule has 2 aliphatic rings. The monoisotopic (exact) mass is 331 g/mol. The van der Waals surface area contributed by atoms with Crippen molar-refractivity contribution in [2.75, 3.05) is 0 Å². The normalized spacial score (nSPS) is 26.3. The highest BCUT2D eigenvalue weighted by atomic mass is 35.5. The molecule has 3 rings (SSSR count). The van der Waals surface area contributed by atoms with Crippen LogP contribution in [-0.4, -0.2) is 11.9 Å². The van der Waals surface area contributed by atoms with Crippen molar-refractivity contribution in [3.8, 4) is 0 Å². The minimum atomic E-state index is -0.351. The van der Waals surface area contributed by atoms with Crippen molar-refractivity contribution >= 4 is 29.5 Å². The van der Waals surface area contributed by atoms with E-state index in [9.17, 15) is 4.79 Å². The standard InChI is InChI=1S/C19H22ClNO2/c1-2-4-13-7-9-15(10-8-13)18-21-17(19(22)23-18)12-14-5-3-6-16(20)11-14/h3,5-6,11-13,15H,2,4,7-10H2,1H3/b17-12-. The maximum Gasteiger partial charge on any atom is 0.363 e. The molecule has 1 aliphatic heterocycles. The summed E-state index contributed by atoms with van der Waals surface area (Å²) in [5.41, 5.74) is 1.24. The third kappa shape index (κ3) is 4.03. The van der Waals surface area contributed by atoms with E-state index in [0.717, 1.165) is 24.3 Å². The third-order valence-electron chi connectivity index (χ3n) is 4.68. The smallest absolute Gasteiger partial charge is 0.363 e. The van der Waals surface area contributed by atoms with Gasteiger partial charge in [0.05, 0.1) is 0 Å². The average Bonchev–Trinajstić information content (AvgIpc) is 2.89. The first kappa shape index (κ1) is 16.3. The highest BCUT2D eigenvalue weighted by Crippen LogP contribution is 2.34. The van der Waals surface area contributed by atoms with Gasteiger partial charge in [-0.3, -0.25) is 0 Å². The number of aliphatic imine (C=N–C) groups is 1. The number of ether oxygens (including phenoxy) is 1. The lowest BCUT2D eigenvalue weighted by atomic mass is 9.80. The molecule has 0 aromatic heterocycles.